The van der Waals surface area contributed by atoms with Crippen molar-refractivity contribution >= 4 is 29.4 Å². The second-order valence-electron chi connectivity index (χ2n) is 6.66. The summed E-state index contributed by atoms with van der Waals surface area (Å²) < 4.78 is 10.5. The number of nitrogens with zero attached hydrogens (tertiary/aromatic N) is 1. The van der Waals surface area contributed by atoms with Crippen molar-refractivity contribution in [3.8, 4) is 5.75 Å². The maximum Gasteiger partial charge on any atom is 0.305 e. The number of carbonyl (C=O) groups excluding carboxylic acids is 3. The molecule has 2 aromatic rings. The van der Waals surface area contributed by atoms with Crippen molar-refractivity contribution in [2.24, 2.45) is 5.73 Å². The Hall–Kier alpha value is -3.06. The van der Waals surface area contributed by atoms with Gasteiger partial charge in [-0.15, -0.1) is 0 Å². The molecule has 1 aliphatic rings. The number of ether oxygens (including phenoxy) is 2. The van der Waals surface area contributed by atoms with Crippen molar-refractivity contribution in [2.45, 2.75) is 32.0 Å². The lowest BCUT2D eigenvalue weighted by Crippen LogP contribution is -2.45. The SMILES string of the molecule is COC(=O)CCC(C(N)=O)N1Cc2c(OCc3ccc(Cl)cc3)cccc2C1=O. The third-order valence-corrected chi connectivity index (χ3v) is 5.07. The van der Waals surface area contributed by atoms with E-state index in [9.17, 15) is 14.4 Å². The Bertz CT molecular complexity index is 929. The average Bonchev–Trinajstić information content (AvgIpc) is 3.04. The van der Waals surface area contributed by atoms with Gasteiger partial charge in [0.25, 0.3) is 5.91 Å². The fourth-order valence-electron chi connectivity index (χ4n) is 3.26. The summed E-state index contributed by atoms with van der Waals surface area (Å²) in [4.78, 5) is 37.6. The van der Waals surface area contributed by atoms with E-state index < -0.39 is 17.9 Å². The van der Waals surface area contributed by atoms with Gasteiger partial charge in [-0.3, -0.25) is 14.4 Å². The molecule has 2 amide bonds. The Labute approximate surface area is 173 Å². The molecule has 1 heterocycles. The number of hydrogen-bond donors (Lipinski definition) is 1. The summed E-state index contributed by atoms with van der Waals surface area (Å²) in [6, 6.07) is 11.6. The van der Waals surface area contributed by atoms with Crippen molar-refractivity contribution < 1.29 is 23.9 Å². The van der Waals surface area contributed by atoms with Gasteiger partial charge in [0.15, 0.2) is 0 Å². The van der Waals surface area contributed by atoms with E-state index >= 15 is 0 Å². The number of esters is 1. The number of amides is 2. The van der Waals surface area contributed by atoms with Gasteiger partial charge < -0.3 is 20.1 Å². The third kappa shape index (κ3) is 4.68. The van der Waals surface area contributed by atoms with Crippen molar-refractivity contribution in [1.29, 1.82) is 0 Å². The first-order valence-corrected chi connectivity index (χ1v) is 9.44. The van der Waals surface area contributed by atoms with Crippen molar-refractivity contribution in [3.05, 3.63) is 64.2 Å². The molecule has 1 atom stereocenters. The van der Waals surface area contributed by atoms with Crippen LogP contribution in [0.5, 0.6) is 5.75 Å². The minimum Gasteiger partial charge on any atom is -0.489 e. The highest BCUT2D eigenvalue weighted by atomic mass is 35.5. The molecule has 7 nitrogen and oxygen atoms in total. The molecular weight excluding hydrogens is 396 g/mol. The average molecular weight is 417 g/mol. The van der Waals surface area contributed by atoms with E-state index in [4.69, 9.17) is 22.1 Å². The van der Waals surface area contributed by atoms with Gasteiger partial charge in [-0.25, -0.2) is 0 Å². The Kier molecular flexibility index (Phi) is 6.39. The van der Waals surface area contributed by atoms with Gasteiger partial charge in [-0.2, -0.15) is 0 Å². The number of carbonyl (C=O) groups is 3. The fourth-order valence-corrected chi connectivity index (χ4v) is 3.39. The molecule has 0 spiro atoms. The minimum atomic E-state index is -0.905. The number of primary amides is 1. The predicted molar refractivity (Wildman–Crippen MR) is 106 cm³/mol. The summed E-state index contributed by atoms with van der Waals surface area (Å²) in [5, 5.41) is 0.639. The monoisotopic (exact) mass is 416 g/mol. The van der Waals surface area contributed by atoms with Crippen molar-refractivity contribution in [1.82, 2.24) is 4.90 Å². The largest absolute Gasteiger partial charge is 0.489 e. The smallest absolute Gasteiger partial charge is 0.305 e. The first-order valence-electron chi connectivity index (χ1n) is 9.07. The zero-order valence-corrected chi connectivity index (χ0v) is 16.6. The first kappa shape index (κ1) is 20.7. The second kappa shape index (κ2) is 8.96. The molecule has 0 radical (unpaired) electrons. The van der Waals surface area contributed by atoms with Gasteiger partial charge in [0.2, 0.25) is 5.91 Å². The highest BCUT2D eigenvalue weighted by molar-refractivity contribution is 6.30. The molecule has 0 bridgehead atoms. The van der Waals surface area contributed by atoms with Gasteiger partial charge >= 0.3 is 5.97 Å². The zero-order chi connectivity index (χ0) is 21.0. The van der Waals surface area contributed by atoms with Gasteiger partial charge in [-0.1, -0.05) is 29.8 Å². The molecule has 0 aliphatic carbocycles. The fraction of sp³-hybridized carbons (Fsp3) is 0.286. The summed E-state index contributed by atoms with van der Waals surface area (Å²) >= 11 is 5.90. The molecular formula is C21H21ClN2O5. The number of fused-ring (bicyclic) bond motifs is 1. The number of nitrogens with two attached hydrogens (primary N) is 1. The Morgan fingerprint density at radius 3 is 2.59 bits per heavy atom. The quantitative estimate of drug-likeness (QED) is 0.667. The second-order valence-corrected chi connectivity index (χ2v) is 7.10. The molecule has 0 aromatic heterocycles. The van der Waals surface area contributed by atoms with Gasteiger partial charge in [0, 0.05) is 22.6 Å². The van der Waals surface area contributed by atoms with Crippen LogP contribution in [0, 0.1) is 0 Å². The molecule has 0 saturated heterocycles. The highest BCUT2D eigenvalue weighted by Gasteiger charge is 2.37. The number of methoxy groups -OCH3 is 1. The molecule has 152 valence electrons. The number of benzene rings is 2. The molecule has 1 unspecified atom stereocenters. The van der Waals surface area contributed by atoms with E-state index in [0.717, 1.165) is 5.56 Å². The predicted octanol–water partition coefficient (Wildman–Crippen LogP) is 2.68. The number of rotatable bonds is 8. The lowest BCUT2D eigenvalue weighted by atomic mass is 10.1. The van der Waals surface area contributed by atoms with Crippen LogP contribution in [0.15, 0.2) is 42.5 Å². The minimum absolute atomic E-state index is 0.00977. The summed E-state index contributed by atoms with van der Waals surface area (Å²) in [5.41, 5.74) is 7.58. The Balaban J connectivity index is 1.76. The van der Waals surface area contributed by atoms with Crippen molar-refractivity contribution in [2.75, 3.05) is 7.11 Å². The molecule has 2 N–H and O–H groups in total. The van der Waals surface area contributed by atoms with Crippen LogP contribution in [-0.2, 0) is 27.5 Å². The Morgan fingerprint density at radius 1 is 1.21 bits per heavy atom. The molecule has 2 aromatic carbocycles. The van der Waals surface area contributed by atoms with Crippen LogP contribution >= 0.6 is 11.6 Å². The lowest BCUT2D eigenvalue weighted by Gasteiger charge is -2.24. The van der Waals surface area contributed by atoms with Crippen LogP contribution in [0.3, 0.4) is 0 Å². The first-order chi connectivity index (χ1) is 13.9. The number of halogens is 1. The van der Waals surface area contributed by atoms with Gasteiger partial charge in [-0.05, 0) is 36.2 Å². The normalized spacial score (nSPS) is 13.7. The van der Waals surface area contributed by atoms with Crippen LogP contribution < -0.4 is 10.5 Å². The topological polar surface area (TPSA) is 98.9 Å². The van der Waals surface area contributed by atoms with E-state index in [-0.39, 0.29) is 25.3 Å². The molecule has 1 aliphatic heterocycles. The van der Waals surface area contributed by atoms with E-state index in [1.165, 1.54) is 12.0 Å². The molecule has 0 fully saturated rings. The van der Waals surface area contributed by atoms with E-state index in [1.807, 2.05) is 12.1 Å². The molecule has 29 heavy (non-hydrogen) atoms. The van der Waals surface area contributed by atoms with E-state index in [1.54, 1.807) is 30.3 Å². The highest BCUT2D eigenvalue weighted by Crippen LogP contribution is 2.33. The molecule has 0 saturated carbocycles. The maximum atomic E-state index is 12.9. The maximum absolute atomic E-state index is 12.9. The molecule has 3 rings (SSSR count). The zero-order valence-electron chi connectivity index (χ0n) is 15.9. The standard InChI is InChI=1S/C21H21ClN2O5/c1-28-19(25)10-9-17(20(23)26)24-11-16-15(21(24)27)3-2-4-18(16)29-12-13-5-7-14(22)8-6-13/h2-8,17H,9-12H2,1H3,(H2,23,26). The van der Waals surface area contributed by atoms with Crippen molar-refractivity contribution in [3.63, 3.8) is 0 Å². The van der Waals surface area contributed by atoms with E-state index in [2.05, 4.69) is 4.74 Å². The molecule has 8 heteroatoms. The van der Waals surface area contributed by atoms with Crippen LogP contribution in [0.2, 0.25) is 5.02 Å². The Morgan fingerprint density at radius 2 is 1.93 bits per heavy atom. The summed E-state index contributed by atoms with van der Waals surface area (Å²) in [6.07, 6.45) is 0.0901. The summed E-state index contributed by atoms with van der Waals surface area (Å²) in [6.45, 7) is 0.489. The summed E-state index contributed by atoms with van der Waals surface area (Å²) in [7, 11) is 1.27. The van der Waals surface area contributed by atoms with Gasteiger partial charge in [0.05, 0.1) is 13.7 Å². The van der Waals surface area contributed by atoms with Crippen LogP contribution in [-0.4, -0.2) is 35.8 Å². The van der Waals surface area contributed by atoms with Crippen LogP contribution in [0.4, 0.5) is 0 Å². The van der Waals surface area contributed by atoms with Gasteiger partial charge in [0.1, 0.15) is 18.4 Å². The lowest BCUT2D eigenvalue weighted by molar-refractivity contribution is -0.141. The van der Waals surface area contributed by atoms with E-state index in [0.29, 0.717) is 28.5 Å². The van der Waals surface area contributed by atoms with Crippen LogP contribution in [0.25, 0.3) is 0 Å². The van der Waals surface area contributed by atoms with Crippen LogP contribution in [0.1, 0.15) is 34.3 Å². The summed E-state index contributed by atoms with van der Waals surface area (Å²) in [5.74, 6) is -0.888. The third-order valence-electron chi connectivity index (χ3n) is 4.81. The number of hydrogen-bond acceptors (Lipinski definition) is 5.